The number of rotatable bonds is 5. The monoisotopic (exact) mass is 271 g/mol. The molecule has 0 aliphatic carbocycles. The van der Waals surface area contributed by atoms with E-state index in [0.29, 0.717) is 6.61 Å². The summed E-state index contributed by atoms with van der Waals surface area (Å²) in [4.78, 5) is 1.50. The lowest BCUT2D eigenvalue weighted by Gasteiger charge is -2.17. The Bertz CT molecular complexity index is 353. The van der Waals surface area contributed by atoms with Crippen LogP contribution in [0.15, 0.2) is 24.3 Å². The van der Waals surface area contributed by atoms with Crippen molar-refractivity contribution in [1.82, 2.24) is 0 Å². The number of nitrogens with one attached hydrogen (secondary N) is 1. The molecule has 0 radical (unpaired) electrons. The zero-order chi connectivity index (χ0) is 12.1. The van der Waals surface area contributed by atoms with Crippen LogP contribution in [0, 0.1) is 6.92 Å². The number of hydrogen-bond donors (Lipinski definition) is 2. The van der Waals surface area contributed by atoms with Gasteiger partial charge in [-0.3, -0.25) is 0 Å². The number of likely N-dealkylation sites (tertiary alicyclic amines) is 1. The van der Waals surface area contributed by atoms with Gasteiger partial charge >= 0.3 is 0 Å². The van der Waals surface area contributed by atoms with E-state index in [4.69, 9.17) is 4.74 Å². The van der Waals surface area contributed by atoms with Gasteiger partial charge < -0.3 is 27.2 Å². The molecule has 0 aromatic heterocycles. The van der Waals surface area contributed by atoms with Crippen LogP contribution in [-0.4, -0.2) is 37.5 Å². The van der Waals surface area contributed by atoms with Crippen LogP contribution in [0.3, 0.4) is 0 Å². The van der Waals surface area contributed by atoms with Crippen molar-refractivity contribution in [3.63, 3.8) is 0 Å². The van der Waals surface area contributed by atoms with E-state index in [-0.39, 0.29) is 18.5 Å². The third kappa shape index (κ3) is 4.84. The van der Waals surface area contributed by atoms with E-state index in [2.05, 4.69) is 0 Å². The molecule has 2 rings (SSSR count). The first-order valence-corrected chi connectivity index (χ1v) is 6.45. The van der Waals surface area contributed by atoms with Gasteiger partial charge in [0.2, 0.25) is 0 Å². The van der Waals surface area contributed by atoms with Gasteiger partial charge in [-0.05, 0) is 24.6 Å². The van der Waals surface area contributed by atoms with Crippen LogP contribution in [-0.2, 0) is 0 Å². The van der Waals surface area contributed by atoms with E-state index < -0.39 is 0 Å². The molecule has 4 heteroatoms. The first-order valence-electron chi connectivity index (χ1n) is 6.45. The van der Waals surface area contributed by atoms with E-state index in [1.54, 1.807) is 0 Å². The quantitative estimate of drug-likeness (QED) is 0.617. The maximum absolute atomic E-state index is 9.89. The number of benzene rings is 1. The van der Waals surface area contributed by atoms with Crippen molar-refractivity contribution >= 4 is 0 Å². The van der Waals surface area contributed by atoms with Crippen molar-refractivity contribution in [2.24, 2.45) is 0 Å². The summed E-state index contributed by atoms with van der Waals surface area (Å²) in [6.07, 6.45) is 2.23. The summed E-state index contributed by atoms with van der Waals surface area (Å²) in [5.74, 6) is 0.848. The Morgan fingerprint density at radius 2 is 2.06 bits per heavy atom. The lowest BCUT2D eigenvalue weighted by molar-refractivity contribution is -0.890. The minimum Gasteiger partial charge on any atom is -1.00 e. The van der Waals surface area contributed by atoms with Gasteiger partial charge in [0.05, 0.1) is 13.1 Å². The van der Waals surface area contributed by atoms with Crippen LogP contribution in [0.25, 0.3) is 0 Å². The highest BCUT2D eigenvalue weighted by molar-refractivity contribution is 5.27. The molecule has 1 unspecified atom stereocenters. The van der Waals surface area contributed by atoms with Gasteiger partial charge in [0.15, 0.2) is 0 Å². The molecule has 1 saturated heterocycles. The van der Waals surface area contributed by atoms with Crippen LogP contribution in [0.1, 0.15) is 18.4 Å². The van der Waals surface area contributed by atoms with Gasteiger partial charge in [0, 0.05) is 12.8 Å². The minimum absolute atomic E-state index is 0. The topological polar surface area (TPSA) is 33.9 Å². The van der Waals surface area contributed by atoms with Gasteiger partial charge in [0.25, 0.3) is 0 Å². The van der Waals surface area contributed by atoms with Crippen molar-refractivity contribution in [3.05, 3.63) is 29.8 Å². The molecule has 18 heavy (non-hydrogen) atoms. The van der Waals surface area contributed by atoms with Crippen LogP contribution < -0.4 is 22.0 Å². The fraction of sp³-hybridized carbons (Fsp3) is 0.571. The zero-order valence-electron chi connectivity index (χ0n) is 10.9. The second kappa shape index (κ2) is 7.62. The summed E-state index contributed by atoms with van der Waals surface area (Å²) >= 11 is 0. The molecule has 1 aliphatic rings. The van der Waals surface area contributed by atoms with Crippen LogP contribution in [0.2, 0.25) is 0 Å². The Kier molecular flexibility index (Phi) is 6.47. The third-order valence-corrected chi connectivity index (χ3v) is 3.27. The molecule has 0 spiro atoms. The Labute approximate surface area is 115 Å². The fourth-order valence-electron chi connectivity index (χ4n) is 2.37. The van der Waals surface area contributed by atoms with Crippen LogP contribution >= 0.6 is 0 Å². The SMILES string of the molecule is Cc1cccc(OCC(O)C[NH+]2CCCC2)c1.[Cl-]. The van der Waals surface area contributed by atoms with E-state index >= 15 is 0 Å². The average Bonchev–Trinajstić information content (AvgIpc) is 2.79. The molecule has 2 N–H and O–H groups in total. The number of aryl methyl sites for hydroxylation is 1. The lowest BCUT2D eigenvalue weighted by Crippen LogP contribution is -3.11. The Morgan fingerprint density at radius 1 is 1.33 bits per heavy atom. The Balaban J connectivity index is 0.00000162. The van der Waals surface area contributed by atoms with Crippen molar-refractivity contribution in [3.8, 4) is 5.75 Å². The highest BCUT2D eigenvalue weighted by Gasteiger charge is 2.19. The number of quaternary nitrogens is 1. The number of aliphatic hydroxyl groups excluding tert-OH is 1. The minimum atomic E-state index is -0.358. The molecule has 1 aliphatic heterocycles. The van der Waals surface area contributed by atoms with E-state index in [1.807, 2.05) is 31.2 Å². The molecule has 3 nitrogen and oxygen atoms in total. The van der Waals surface area contributed by atoms with Crippen LogP contribution in [0.4, 0.5) is 0 Å². The molecule has 102 valence electrons. The van der Waals surface area contributed by atoms with E-state index in [9.17, 15) is 5.11 Å². The summed E-state index contributed by atoms with van der Waals surface area (Å²) in [5, 5.41) is 9.89. The Morgan fingerprint density at radius 3 is 2.72 bits per heavy atom. The van der Waals surface area contributed by atoms with Crippen LogP contribution in [0.5, 0.6) is 5.75 Å². The second-order valence-electron chi connectivity index (χ2n) is 4.94. The second-order valence-corrected chi connectivity index (χ2v) is 4.94. The Hall–Kier alpha value is -0.770. The highest BCUT2D eigenvalue weighted by atomic mass is 35.5. The molecule has 0 amide bonds. The lowest BCUT2D eigenvalue weighted by atomic mass is 10.2. The van der Waals surface area contributed by atoms with E-state index in [1.165, 1.54) is 36.4 Å². The summed E-state index contributed by atoms with van der Waals surface area (Å²) in [5.41, 5.74) is 1.18. The van der Waals surface area contributed by atoms with E-state index in [0.717, 1.165) is 12.3 Å². The van der Waals surface area contributed by atoms with Crippen molar-refractivity contribution < 1.29 is 27.2 Å². The molecule has 1 heterocycles. The van der Waals surface area contributed by atoms with Gasteiger partial charge in [-0.1, -0.05) is 12.1 Å². The summed E-state index contributed by atoms with van der Waals surface area (Å²) in [7, 11) is 0. The van der Waals surface area contributed by atoms with Gasteiger partial charge in [-0.15, -0.1) is 0 Å². The summed E-state index contributed by atoms with van der Waals surface area (Å²) in [6.45, 7) is 5.64. The molecule has 1 atom stereocenters. The number of halogens is 1. The third-order valence-electron chi connectivity index (χ3n) is 3.27. The van der Waals surface area contributed by atoms with Crippen molar-refractivity contribution in [1.29, 1.82) is 0 Å². The molecule has 1 fully saturated rings. The smallest absolute Gasteiger partial charge is 0.137 e. The number of hydrogen-bond acceptors (Lipinski definition) is 2. The molecular weight excluding hydrogens is 250 g/mol. The maximum atomic E-state index is 9.89. The molecule has 0 bridgehead atoms. The van der Waals surface area contributed by atoms with Gasteiger partial charge in [-0.25, -0.2) is 0 Å². The predicted molar refractivity (Wildman–Crippen MR) is 67.5 cm³/mol. The average molecular weight is 272 g/mol. The normalized spacial score (nSPS) is 17.2. The molecule has 1 aromatic carbocycles. The van der Waals surface area contributed by atoms with Crippen molar-refractivity contribution in [2.75, 3.05) is 26.2 Å². The van der Waals surface area contributed by atoms with Gasteiger partial charge in [0.1, 0.15) is 25.0 Å². The summed E-state index contributed by atoms with van der Waals surface area (Å²) < 4.78 is 5.60. The fourth-order valence-corrected chi connectivity index (χ4v) is 2.37. The first kappa shape index (κ1) is 15.3. The number of ether oxygens (including phenoxy) is 1. The predicted octanol–water partition coefficient (Wildman–Crippen LogP) is -2.58. The largest absolute Gasteiger partial charge is 1.00 e. The molecular formula is C14H22ClNO2. The molecule has 1 aromatic rings. The molecule has 0 saturated carbocycles. The standard InChI is InChI=1S/C14H21NO2.ClH/c1-12-5-4-6-14(9-12)17-11-13(16)10-15-7-2-3-8-15;/h4-6,9,13,16H,2-3,7-8,10-11H2,1H3;1H. The van der Waals surface area contributed by atoms with Crippen molar-refractivity contribution in [2.45, 2.75) is 25.9 Å². The first-order chi connectivity index (χ1) is 8.24. The highest BCUT2D eigenvalue weighted by Crippen LogP contribution is 2.12. The number of aliphatic hydroxyl groups is 1. The maximum Gasteiger partial charge on any atom is 0.137 e. The zero-order valence-corrected chi connectivity index (χ0v) is 11.6. The van der Waals surface area contributed by atoms with Gasteiger partial charge in [-0.2, -0.15) is 0 Å². The summed E-state index contributed by atoms with van der Waals surface area (Å²) in [6, 6.07) is 7.94.